The fraction of sp³-hybridized carbons (Fsp3) is 0.467. The predicted octanol–water partition coefficient (Wildman–Crippen LogP) is 2.32. The molecule has 0 bridgehead atoms. The van der Waals surface area contributed by atoms with Crippen molar-refractivity contribution >= 4 is 32.9 Å². The van der Waals surface area contributed by atoms with Crippen LogP contribution in [-0.2, 0) is 9.84 Å². The van der Waals surface area contributed by atoms with Gasteiger partial charge in [0.1, 0.15) is 0 Å². The highest BCUT2D eigenvalue weighted by Crippen LogP contribution is 2.10. The van der Waals surface area contributed by atoms with Crippen LogP contribution in [-0.4, -0.2) is 32.0 Å². The van der Waals surface area contributed by atoms with E-state index in [4.69, 9.17) is 12.2 Å². The number of hydrazone groups is 1. The Morgan fingerprint density at radius 3 is 2.36 bits per heavy atom. The molecule has 0 radical (unpaired) electrons. The lowest BCUT2D eigenvalue weighted by molar-refractivity contribution is 0.576. The van der Waals surface area contributed by atoms with E-state index in [0.29, 0.717) is 15.9 Å². The zero-order valence-electron chi connectivity index (χ0n) is 13.4. The SMILES string of the molecule is C/C(=N/NC(=S)NCCC(C)C)c1ccc(S(C)(=O)=O)cc1. The number of rotatable bonds is 6. The van der Waals surface area contributed by atoms with Crippen molar-refractivity contribution in [3.05, 3.63) is 29.8 Å². The third-order valence-electron chi connectivity index (χ3n) is 3.03. The maximum absolute atomic E-state index is 11.4. The first-order valence-corrected chi connectivity index (χ1v) is 9.38. The van der Waals surface area contributed by atoms with Gasteiger partial charge in [0.2, 0.25) is 0 Å². The summed E-state index contributed by atoms with van der Waals surface area (Å²) in [5.41, 5.74) is 4.36. The topological polar surface area (TPSA) is 70.6 Å². The number of nitrogens with one attached hydrogen (secondary N) is 2. The largest absolute Gasteiger partial charge is 0.361 e. The first kappa shape index (κ1) is 18.6. The molecular formula is C15H23N3O2S2. The van der Waals surface area contributed by atoms with E-state index in [-0.39, 0.29) is 0 Å². The molecule has 122 valence electrons. The Labute approximate surface area is 138 Å². The zero-order chi connectivity index (χ0) is 16.8. The van der Waals surface area contributed by atoms with Gasteiger partial charge in [-0.1, -0.05) is 26.0 Å². The van der Waals surface area contributed by atoms with Crippen LogP contribution < -0.4 is 10.7 Å². The highest BCUT2D eigenvalue weighted by Gasteiger charge is 2.07. The molecule has 5 nitrogen and oxygen atoms in total. The molecule has 0 unspecified atom stereocenters. The van der Waals surface area contributed by atoms with E-state index in [1.54, 1.807) is 24.3 Å². The summed E-state index contributed by atoms with van der Waals surface area (Å²) < 4.78 is 22.8. The Morgan fingerprint density at radius 1 is 1.27 bits per heavy atom. The van der Waals surface area contributed by atoms with E-state index in [0.717, 1.165) is 24.2 Å². The van der Waals surface area contributed by atoms with E-state index in [1.807, 2.05) is 6.92 Å². The molecule has 2 N–H and O–H groups in total. The summed E-state index contributed by atoms with van der Waals surface area (Å²) in [5.74, 6) is 0.619. The van der Waals surface area contributed by atoms with Gasteiger partial charge in [-0.3, -0.25) is 5.43 Å². The first-order valence-electron chi connectivity index (χ1n) is 7.08. The summed E-state index contributed by atoms with van der Waals surface area (Å²) in [7, 11) is -3.17. The first-order chi connectivity index (χ1) is 10.2. The lowest BCUT2D eigenvalue weighted by atomic mass is 10.1. The van der Waals surface area contributed by atoms with Gasteiger partial charge in [0.25, 0.3) is 0 Å². The van der Waals surface area contributed by atoms with Crippen LogP contribution >= 0.6 is 12.2 Å². The van der Waals surface area contributed by atoms with E-state index < -0.39 is 9.84 Å². The van der Waals surface area contributed by atoms with Gasteiger partial charge >= 0.3 is 0 Å². The zero-order valence-corrected chi connectivity index (χ0v) is 15.0. The molecule has 0 aromatic heterocycles. The summed E-state index contributed by atoms with van der Waals surface area (Å²) in [6.07, 6.45) is 2.23. The molecule has 0 heterocycles. The molecule has 22 heavy (non-hydrogen) atoms. The van der Waals surface area contributed by atoms with E-state index in [2.05, 4.69) is 29.7 Å². The minimum Gasteiger partial charge on any atom is -0.361 e. The van der Waals surface area contributed by atoms with Gasteiger partial charge in [0, 0.05) is 12.8 Å². The third-order valence-corrected chi connectivity index (χ3v) is 4.40. The summed E-state index contributed by atoms with van der Waals surface area (Å²) in [5, 5.41) is 7.76. The molecule has 0 aliphatic heterocycles. The number of hydrogen-bond donors (Lipinski definition) is 2. The molecule has 0 amide bonds. The second-order valence-electron chi connectivity index (χ2n) is 5.54. The Kier molecular flexibility index (Phi) is 6.96. The van der Waals surface area contributed by atoms with Crippen molar-refractivity contribution in [2.24, 2.45) is 11.0 Å². The summed E-state index contributed by atoms with van der Waals surface area (Å²) in [6.45, 7) is 6.95. The quantitative estimate of drug-likeness (QED) is 0.472. The van der Waals surface area contributed by atoms with Crippen molar-refractivity contribution in [1.82, 2.24) is 10.7 Å². The number of benzene rings is 1. The van der Waals surface area contributed by atoms with Crippen LogP contribution in [0.2, 0.25) is 0 Å². The predicted molar refractivity (Wildman–Crippen MR) is 95.0 cm³/mol. The van der Waals surface area contributed by atoms with Crippen molar-refractivity contribution in [2.45, 2.75) is 32.1 Å². The standard InChI is InChI=1S/C15H23N3O2S2/c1-11(2)9-10-16-15(21)18-17-12(3)13-5-7-14(8-6-13)22(4,19)20/h5-8,11H,9-10H2,1-4H3,(H2,16,18,21)/b17-12-. The molecule has 0 saturated heterocycles. The minimum atomic E-state index is -3.17. The average molecular weight is 342 g/mol. The van der Waals surface area contributed by atoms with Crippen LogP contribution in [0.4, 0.5) is 0 Å². The Morgan fingerprint density at radius 2 is 1.86 bits per heavy atom. The van der Waals surface area contributed by atoms with Crippen molar-refractivity contribution in [2.75, 3.05) is 12.8 Å². The third kappa shape index (κ3) is 6.53. The highest BCUT2D eigenvalue weighted by molar-refractivity contribution is 7.90. The van der Waals surface area contributed by atoms with Gasteiger partial charge in [-0.15, -0.1) is 0 Å². The maximum atomic E-state index is 11.4. The molecule has 1 rings (SSSR count). The Hall–Kier alpha value is -1.47. The van der Waals surface area contributed by atoms with E-state index >= 15 is 0 Å². The molecule has 0 fully saturated rings. The second kappa shape index (κ2) is 8.24. The second-order valence-corrected chi connectivity index (χ2v) is 7.97. The van der Waals surface area contributed by atoms with Crippen molar-refractivity contribution in [3.8, 4) is 0 Å². The van der Waals surface area contributed by atoms with Crippen molar-refractivity contribution in [3.63, 3.8) is 0 Å². The molecule has 7 heteroatoms. The van der Waals surface area contributed by atoms with Gasteiger partial charge < -0.3 is 5.32 Å². The van der Waals surface area contributed by atoms with Gasteiger partial charge in [0.05, 0.1) is 10.6 Å². The van der Waals surface area contributed by atoms with Crippen molar-refractivity contribution < 1.29 is 8.42 Å². The normalized spacial score (nSPS) is 12.3. The number of nitrogens with zero attached hydrogens (tertiary/aromatic N) is 1. The van der Waals surface area contributed by atoms with Crippen molar-refractivity contribution in [1.29, 1.82) is 0 Å². The fourth-order valence-electron chi connectivity index (χ4n) is 1.66. The van der Waals surface area contributed by atoms with Crippen LogP contribution in [0.25, 0.3) is 0 Å². The summed E-state index contributed by atoms with van der Waals surface area (Å²) in [6, 6.07) is 6.60. The molecule has 0 aliphatic rings. The molecule has 1 aromatic carbocycles. The monoisotopic (exact) mass is 341 g/mol. The molecule has 0 aliphatic carbocycles. The number of hydrogen-bond acceptors (Lipinski definition) is 4. The number of sulfone groups is 1. The van der Waals surface area contributed by atoms with Crippen LogP contribution in [0.3, 0.4) is 0 Å². The summed E-state index contributed by atoms with van der Waals surface area (Å²) in [4.78, 5) is 0.294. The lowest BCUT2D eigenvalue weighted by Gasteiger charge is -2.09. The van der Waals surface area contributed by atoms with Crippen LogP contribution in [0.5, 0.6) is 0 Å². The van der Waals surface area contributed by atoms with Gasteiger partial charge in [-0.05, 0) is 49.2 Å². The Bertz CT molecular complexity index is 635. The minimum absolute atomic E-state index is 0.294. The molecule has 0 spiro atoms. The van der Waals surface area contributed by atoms with E-state index in [9.17, 15) is 8.42 Å². The van der Waals surface area contributed by atoms with Crippen LogP contribution in [0.1, 0.15) is 32.8 Å². The lowest BCUT2D eigenvalue weighted by Crippen LogP contribution is -2.33. The molecule has 0 atom stereocenters. The summed E-state index contributed by atoms with van der Waals surface area (Å²) >= 11 is 5.14. The maximum Gasteiger partial charge on any atom is 0.186 e. The molecular weight excluding hydrogens is 318 g/mol. The van der Waals surface area contributed by atoms with Crippen LogP contribution in [0, 0.1) is 5.92 Å². The Balaban J connectivity index is 2.60. The van der Waals surface area contributed by atoms with E-state index in [1.165, 1.54) is 6.26 Å². The smallest absolute Gasteiger partial charge is 0.186 e. The number of thiocarbonyl (C=S) groups is 1. The van der Waals surface area contributed by atoms with Gasteiger partial charge in [0.15, 0.2) is 14.9 Å². The molecule has 0 saturated carbocycles. The molecule has 1 aromatic rings. The van der Waals surface area contributed by atoms with Gasteiger partial charge in [-0.2, -0.15) is 5.10 Å². The fourth-order valence-corrected chi connectivity index (χ4v) is 2.43. The van der Waals surface area contributed by atoms with Crippen LogP contribution in [0.15, 0.2) is 34.3 Å². The van der Waals surface area contributed by atoms with Gasteiger partial charge in [-0.25, -0.2) is 8.42 Å². The average Bonchev–Trinajstić information content (AvgIpc) is 2.43. The highest BCUT2D eigenvalue weighted by atomic mass is 32.2.